The number of amides is 1. The van der Waals surface area contributed by atoms with Crippen molar-refractivity contribution >= 4 is 5.91 Å². The molecule has 4 nitrogen and oxygen atoms in total. The molecule has 0 bridgehead atoms. The van der Waals surface area contributed by atoms with Crippen molar-refractivity contribution < 1.29 is 9.18 Å². The second-order valence-corrected chi connectivity index (χ2v) is 6.59. The van der Waals surface area contributed by atoms with Gasteiger partial charge in [-0.2, -0.15) is 5.10 Å². The minimum atomic E-state index is -0.936. The molecule has 1 heterocycles. The third-order valence-corrected chi connectivity index (χ3v) is 4.04. The Hall–Kier alpha value is -2.17. The van der Waals surface area contributed by atoms with E-state index in [0.29, 0.717) is 12.1 Å². The molecule has 0 saturated heterocycles. The monoisotopic (exact) mass is 317 g/mol. The van der Waals surface area contributed by atoms with Crippen LogP contribution in [0.3, 0.4) is 0 Å². The van der Waals surface area contributed by atoms with Crippen LogP contribution in [0, 0.1) is 19.7 Å². The van der Waals surface area contributed by atoms with Gasteiger partial charge in [-0.25, -0.2) is 4.39 Å². The van der Waals surface area contributed by atoms with Crippen molar-refractivity contribution in [3.8, 4) is 0 Å². The highest BCUT2D eigenvalue weighted by Gasteiger charge is 2.32. The maximum atomic E-state index is 14.0. The number of hydrogen-bond acceptors (Lipinski definition) is 2. The molecule has 1 aromatic heterocycles. The van der Waals surface area contributed by atoms with Gasteiger partial charge in [0.1, 0.15) is 5.82 Å². The first kappa shape index (κ1) is 17.2. The van der Waals surface area contributed by atoms with Crippen LogP contribution in [0.4, 0.5) is 4.39 Å². The first-order valence-electron chi connectivity index (χ1n) is 7.79. The molecule has 5 heteroatoms. The first-order valence-corrected chi connectivity index (χ1v) is 7.79. The van der Waals surface area contributed by atoms with E-state index >= 15 is 0 Å². The van der Waals surface area contributed by atoms with E-state index in [4.69, 9.17) is 0 Å². The number of carbonyl (C=O) groups excluding carboxylic acids is 1. The summed E-state index contributed by atoms with van der Waals surface area (Å²) in [5, 5.41) is 7.36. The minimum absolute atomic E-state index is 0.105. The topological polar surface area (TPSA) is 46.9 Å². The number of nitrogens with zero attached hydrogens (tertiary/aromatic N) is 2. The molecule has 23 heavy (non-hydrogen) atoms. The van der Waals surface area contributed by atoms with Crippen molar-refractivity contribution in [3.05, 3.63) is 53.1 Å². The number of halogens is 1. The van der Waals surface area contributed by atoms with Gasteiger partial charge in [0.2, 0.25) is 5.91 Å². The molecule has 1 aromatic carbocycles. The van der Waals surface area contributed by atoms with E-state index in [1.54, 1.807) is 32.0 Å². The van der Waals surface area contributed by atoms with Crippen molar-refractivity contribution in [1.82, 2.24) is 15.1 Å². The molecule has 124 valence electrons. The maximum Gasteiger partial charge on any atom is 0.230 e. The first-order chi connectivity index (χ1) is 10.7. The molecule has 1 atom stereocenters. The lowest BCUT2D eigenvalue weighted by molar-refractivity contribution is -0.126. The minimum Gasteiger partial charge on any atom is -0.351 e. The summed E-state index contributed by atoms with van der Waals surface area (Å²) >= 11 is 0. The quantitative estimate of drug-likeness (QED) is 0.921. The second-order valence-electron chi connectivity index (χ2n) is 6.59. The number of benzene rings is 1. The van der Waals surface area contributed by atoms with E-state index < -0.39 is 5.41 Å². The standard InChI is InChI=1S/C18H24FN3O/c1-12-10-14(3)22(21-12)11-13(2)20-17(23)18(4,5)15-8-6-7-9-16(15)19/h6-10,13H,11H2,1-5H3,(H,20,23)/t13-/m1/s1. The summed E-state index contributed by atoms with van der Waals surface area (Å²) in [6.45, 7) is 9.89. The van der Waals surface area contributed by atoms with Gasteiger partial charge in [0, 0.05) is 17.3 Å². The van der Waals surface area contributed by atoms with Crippen LogP contribution in [-0.2, 0) is 16.8 Å². The van der Waals surface area contributed by atoms with Crippen LogP contribution in [0.15, 0.2) is 30.3 Å². The molecular formula is C18H24FN3O. The lowest BCUT2D eigenvalue weighted by Gasteiger charge is -2.27. The number of rotatable bonds is 5. The van der Waals surface area contributed by atoms with Crippen molar-refractivity contribution in [3.63, 3.8) is 0 Å². The molecule has 2 rings (SSSR count). The molecule has 0 aliphatic carbocycles. The molecule has 2 aromatic rings. The Bertz CT molecular complexity index is 706. The lowest BCUT2D eigenvalue weighted by Crippen LogP contribution is -2.46. The molecule has 0 radical (unpaired) electrons. The number of carbonyl (C=O) groups is 1. The Morgan fingerprint density at radius 3 is 2.57 bits per heavy atom. The molecule has 0 saturated carbocycles. The van der Waals surface area contributed by atoms with Gasteiger partial charge in [-0.15, -0.1) is 0 Å². The van der Waals surface area contributed by atoms with Gasteiger partial charge in [0.15, 0.2) is 0 Å². The summed E-state index contributed by atoms with van der Waals surface area (Å²) in [5.74, 6) is -0.560. The number of aromatic nitrogens is 2. The van der Waals surface area contributed by atoms with Gasteiger partial charge in [-0.05, 0) is 46.8 Å². The summed E-state index contributed by atoms with van der Waals surface area (Å²) in [5.41, 5.74) is 1.47. The molecule has 1 N–H and O–H groups in total. The van der Waals surface area contributed by atoms with Gasteiger partial charge in [0.05, 0.1) is 17.7 Å². The fraction of sp³-hybridized carbons (Fsp3) is 0.444. The van der Waals surface area contributed by atoms with E-state index in [0.717, 1.165) is 11.4 Å². The number of aryl methyl sites for hydroxylation is 2. The predicted molar refractivity (Wildman–Crippen MR) is 88.7 cm³/mol. The SMILES string of the molecule is Cc1cc(C)n(C[C@@H](C)NC(=O)C(C)(C)c2ccccc2F)n1. The van der Waals surface area contributed by atoms with E-state index in [9.17, 15) is 9.18 Å². The number of hydrogen-bond donors (Lipinski definition) is 1. The normalized spacial score (nSPS) is 13.0. The third kappa shape index (κ3) is 3.78. The Balaban J connectivity index is 2.08. The molecule has 0 aliphatic rings. The van der Waals surface area contributed by atoms with Crippen LogP contribution in [-0.4, -0.2) is 21.7 Å². The average molecular weight is 317 g/mol. The zero-order valence-electron chi connectivity index (χ0n) is 14.4. The van der Waals surface area contributed by atoms with Crippen LogP contribution in [0.1, 0.15) is 37.7 Å². The van der Waals surface area contributed by atoms with Gasteiger partial charge >= 0.3 is 0 Å². The zero-order chi connectivity index (χ0) is 17.2. The van der Waals surface area contributed by atoms with Crippen LogP contribution in [0.25, 0.3) is 0 Å². The van der Waals surface area contributed by atoms with Crippen molar-refractivity contribution in [2.75, 3.05) is 0 Å². The predicted octanol–water partition coefficient (Wildman–Crippen LogP) is 3.12. The molecule has 0 aliphatic heterocycles. The summed E-state index contributed by atoms with van der Waals surface area (Å²) in [6.07, 6.45) is 0. The van der Waals surface area contributed by atoms with E-state index in [-0.39, 0.29) is 17.8 Å². The summed E-state index contributed by atoms with van der Waals surface area (Å²) in [6, 6.07) is 8.29. The van der Waals surface area contributed by atoms with Gasteiger partial charge in [-0.3, -0.25) is 9.48 Å². The molecular weight excluding hydrogens is 293 g/mol. The Kier molecular flexibility index (Phi) is 4.88. The van der Waals surface area contributed by atoms with Crippen LogP contribution < -0.4 is 5.32 Å². The fourth-order valence-electron chi connectivity index (χ4n) is 2.66. The van der Waals surface area contributed by atoms with Crippen LogP contribution >= 0.6 is 0 Å². The molecule has 1 amide bonds. The van der Waals surface area contributed by atoms with Crippen molar-refractivity contribution in [1.29, 1.82) is 0 Å². The Morgan fingerprint density at radius 2 is 2.00 bits per heavy atom. The fourth-order valence-corrected chi connectivity index (χ4v) is 2.66. The largest absolute Gasteiger partial charge is 0.351 e. The highest BCUT2D eigenvalue weighted by Crippen LogP contribution is 2.26. The van der Waals surface area contributed by atoms with Gasteiger partial charge in [0.25, 0.3) is 0 Å². The molecule has 0 fully saturated rings. The third-order valence-electron chi connectivity index (χ3n) is 4.04. The lowest BCUT2D eigenvalue weighted by atomic mass is 9.83. The van der Waals surface area contributed by atoms with Crippen LogP contribution in [0.2, 0.25) is 0 Å². The summed E-state index contributed by atoms with van der Waals surface area (Å²) < 4.78 is 15.9. The van der Waals surface area contributed by atoms with E-state index in [2.05, 4.69) is 10.4 Å². The highest BCUT2D eigenvalue weighted by molar-refractivity contribution is 5.87. The van der Waals surface area contributed by atoms with Crippen LogP contribution in [0.5, 0.6) is 0 Å². The highest BCUT2D eigenvalue weighted by atomic mass is 19.1. The molecule has 0 spiro atoms. The smallest absolute Gasteiger partial charge is 0.230 e. The Morgan fingerprint density at radius 1 is 1.35 bits per heavy atom. The Labute approximate surface area is 136 Å². The van der Waals surface area contributed by atoms with Gasteiger partial charge < -0.3 is 5.32 Å². The molecule has 0 unspecified atom stereocenters. The number of nitrogens with one attached hydrogen (secondary N) is 1. The van der Waals surface area contributed by atoms with Gasteiger partial charge in [-0.1, -0.05) is 18.2 Å². The zero-order valence-corrected chi connectivity index (χ0v) is 14.4. The summed E-state index contributed by atoms with van der Waals surface area (Å²) in [7, 11) is 0. The maximum absolute atomic E-state index is 14.0. The van der Waals surface area contributed by atoms with E-state index in [1.807, 2.05) is 31.5 Å². The van der Waals surface area contributed by atoms with Crippen molar-refractivity contribution in [2.45, 2.75) is 52.6 Å². The summed E-state index contributed by atoms with van der Waals surface area (Å²) in [4.78, 5) is 12.6. The van der Waals surface area contributed by atoms with Crippen molar-refractivity contribution in [2.24, 2.45) is 0 Å². The van der Waals surface area contributed by atoms with E-state index in [1.165, 1.54) is 6.07 Å². The average Bonchev–Trinajstić information content (AvgIpc) is 2.76. The second kappa shape index (κ2) is 6.52.